The minimum Gasteiger partial charge on any atom is -0.493 e. The van der Waals surface area contributed by atoms with E-state index in [1.807, 2.05) is 18.4 Å². The van der Waals surface area contributed by atoms with Gasteiger partial charge in [0.1, 0.15) is 0 Å². The van der Waals surface area contributed by atoms with Crippen molar-refractivity contribution >= 4 is 33.2 Å². The van der Waals surface area contributed by atoms with E-state index < -0.39 is 0 Å². The van der Waals surface area contributed by atoms with Crippen LogP contribution in [0.4, 0.5) is 0 Å². The molecular weight excluding hydrogens is 354 g/mol. The Kier molecular flexibility index (Phi) is 5.64. The zero-order valence-electron chi connectivity index (χ0n) is 11.8. The molecule has 2 aromatic rings. The van der Waals surface area contributed by atoms with Gasteiger partial charge < -0.3 is 14.8 Å². The van der Waals surface area contributed by atoms with Crippen LogP contribution in [0.1, 0.15) is 22.2 Å². The number of halogens is 1. The number of amides is 1. The number of carbonyl (C=O) groups excluding carboxylic acids is 1. The molecule has 0 bridgehead atoms. The summed E-state index contributed by atoms with van der Waals surface area (Å²) in [7, 11) is 1.58. The van der Waals surface area contributed by atoms with Crippen molar-refractivity contribution in [3.63, 3.8) is 0 Å². The highest BCUT2D eigenvalue weighted by molar-refractivity contribution is 9.10. The fourth-order valence-corrected chi connectivity index (χ4v) is 3.19. The molecule has 1 heterocycles. The van der Waals surface area contributed by atoms with E-state index in [2.05, 4.69) is 21.2 Å². The Hall–Kier alpha value is -1.53. The van der Waals surface area contributed by atoms with Crippen molar-refractivity contribution in [3.05, 3.63) is 44.6 Å². The SMILES string of the molecule is CCOc1cc(C(=O)NCc2cc(Br)cs2)ccc1OC. The molecule has 6 heteroatoms. The maximum absolute atomic E-state index is 12.2. The van der Waals surface area contributed by atoms with Gasteiger partial charge in [0.15, 0.2) is 11.5 Å². The largest absolute Gasteiger partial charge is 0.493 e. The van der Waals surface area contributed by atoms with Gasteiger partial charge in [-0.25, -0.2) is 0 Å². The molecule has 21 heavy (non-hydrogen) atoms. The molecule has 112 valence electrons. The lowest BCUT2D eigenvalue weighted by molar-refractivity contribution is 0.0951. The zero-order chi connectivity index (χ0) is 15.2. The summed E-state index contributed by atoms with van der Waals surface area (Å²) in [5, 5.41) is 4.88. The number of ether oxygens (including phenoxy) is 2. The van der Waals surface area contributed by atoms with Crippen molar-refractivity contribution in [2.24, 2.45) is 0 Å². The van der Waals surface area contributed by atoms with Gasteiger partial charge in [-0.05, 0) is 47.1 Å². The second-order valence-electron chi connectivity index (χ2n) is 4.21. The second kappa shape index (κ2) is 7.47. The van der Waals surface area contributed by atoms with E-state index in [9.17, 15) is 4.79 Å². The molecule has 0 radical (unpaired) electrons. The van der Waals surface area contributed by atoms with Crippen molar-refractivity contribution in [2.75, 3.05) is 13.7 Å². The van der Waals surface area contributed by atoms with Crippen LogP contribution in [0.2, 0.25) is 0 Å². The summed E-state index contributed by atoms with van der Waals surface area (Å²) < 4.78 is 11.7. The minimum atomic E-state index is -0.136. The topological polar surface area (TPSA) is 47.6 Å². The van der Waals surface area contributed by atoms with Crippen LogP contribution in [0.3, 0.4) is 0 Å². The smallest absolute Gasteiger partial charge is 0.251 e. The molecule has 2 rings (SSSR count). The Bertz CT molecular complexity index is 627. The van der Waals surface area contributed by atoms with Gasteiger partial charge in [0.2, 0.25) is 0 Å². The number of benzene rings is 1. The minimum absolute atomic E-state index is 0.136. The lowest BCUT2D eigenvalue weighted by Gasteiger charge is -2.11. The first kappa shape index (κ1) is 15.9. The quantitative estimate of drug-likeness (QED) is 0.840. The van der Waals surface area contributed by atoms with Crippen LogP contribution in [0.5, 0.6) is 11.5 Å². The normalized spacial score (nSPS) is 10.2. The number of rotatable bonds is 6. The van der Waals surface area contributed by atoms with E-state index >= 15 is 0 Å². The van der Waals surface area contributed by atoms with Gasteiger partial charge in [-0.2, -0.15) is 0 Å². The first-order chi connectivity index (χ1) is 10.1. The Morgan fingerprint density at radius 1 is 1.33 bits per heavy atom. The van der Waals surface area contributed by atoms with Gasteiger partial charge in [0.05, 0.1) is 20.3 Å². The highest BCUT2D eigenvalue weighted by Crippen LogP contribution is 2.28. The molecular formula is C15H16BrNO3S. The Labute approximate surface area is 136 Å². The average molecular weight is 370 g/mol. The lowest BCUT2D eigenvalue weighted by Crippen LogP contribution is -2.22. The Morgan fingerprint density at radius 2 is 2.14 bits per heavy atom. The first-order valence-electron chi connectivity index (χ1n) is 6.46. The summed E-state index contributed by atoms with van der Waals surface area (Å²) in [6, 6.07) is 7.15. The molecule has 0 saturated carbocycles. The standard InChI is InChI=1S/C15H16BrNO3S/c1-3-20-14-6-10(4-5-13(14)19-2)15(18)17-8-12-7-11(16)9-21-12/h4-7,9H,3,8H2,1-2H3,(H,17,18). The van der Waals surface area contributed by atoms with Crippen LogP contribution >= 0.6 is 27.3 Å². The highest BCUT2D eigenvalue weighted by Gasteiger charge is 2.11. The van der Waals surface area contributed by atoms with E-state index in [0.717, 1.165) is 9.35 Å². The van der Waals surface area contributed by atoms with E-state index in [-0.39, 0.29) is 5.91 Å². The van der Waals surface area contributed by atoms with Crippen LogP contribution in [0, 0.1) is 0 Å². The fraction of sp³-hybridized carbons (Fsp3) is 0.267. The summed E-state index contributed by atoms with van der Waals surface area (Å²) in [4.78, 5) is 13.3. The maximum atomic E-state index is 12.2. The van der Waals surface area contributed by atoms with Crippen LogP contribution < -0.4 is 14.8 Å². The summed E-state index contributed by atoms with van der Waals surface area (Å²) in [6.45, 7) is 2.91. The predicted molar refractivity (Wildman–Crippen MR) is 87.4 cm³/mol. The van der Waals surface area contributed by atoms with Gasteiger partial charge in [0.25, 0.3) is 5.91 Å². The van der Waals surface area contributed by atoms with Crippen LogP contribution in [-0.4, -0.2) is 19.6 Å². The summed E-state index contributed by atoms with van der Waals surface area (Å²) in [5.74, 6) is 1.06. The van der Waals surface area contributed by atoms with Crippen molar-refractivity contribution in [1.29, 1.82) is 0 Å². The molecule has 1 amide bonds. The number of methoxy groups -OCH3 is 1. The monoisotopic (exact) mass is 369 g/mol. The molecule has 1 aromatic carbocycles. The lowest BCUT2D eigenvalue weighted by atomic mass is 10.2. The predicted octanol–water partition coefficient (Wildman–Crippen LogP) is 3.85. The molecule has 0 aliphatic rings. The van der Waals surface area contributed by atoms with E-state index in [4.69, 9.17) is 9.47 Å². The fourth-order valence-electron chi connectivity index (χ4n) is 1.80. The molecule has 0 unspecified atom stereocenters. The summed E-state index contributed by atoms with van der Waals surface area (Å²) >= 11 is 4.99. The third-order valence-corrected chi connectivity index (χ3v) is 4.47. The molecule has 4 nitrogen and oxygen atoms in total. The molecule has 0 spiro atoms. The van der Waals surface area contributed by atoms with Crippen molar-refractivity contribution < 1.29 is 14.3 Å². The molecule has 0 aliphatic carbocycles. The number of nitrogens with one attached hydrogen (secondary N) is 1. The third kappa shape index (κ3) is 4.22. The van der Waals surface area contributed by atoms with Crippen molar-refractivity contribution in [3.8, 4) is 11.5 Å². The average Bonchev–Trinajstić information content (AvgIpc) is 2.90. The van der Waals surface area contributed by atoms with Crippen molar-refractivity contribution in [1.82, 2.24) is 5.32 Å². The van der Waals surface area contributed by atoms with Gasteiger partial charge >= 0.3 is 0 Å². The molecule has 0 fully saturated rings. The number of hydrogen-bond acceptors (Lipinski definition) is 4. The van der Waals surface area contributed by atoms with E-state index in [0.29, 0.717) is 30.2 Å². The zero-order valence-corrected chi connectivity index (χ0v) is 14.2. The summed E-state index contributed by atoms with van der Waals surface area (Å²) in [5.41, 5.74) is 0.551. The van der Waals surface area contributed by atoms with Gasteiger partial charge in [0, 0.05) is 20.3 Å². The third-order valence-electron chi connectivity index (χ3n) is 2.77. The van der Waals surface area contributed by atoms with Crippen LogP contribution in [0.25, 0.3) is 0 Å². The first-order valence-corrected chi connectivity index (χ1v) is 8.13. The molecule has 1 N–H and O–H groups in total. The Morgan fingerprint density at radius 3 is 2.76 bits per heavy atom. The van der Waals surface area contributed by atoms with E-state index in [1.165, 1.54) is 0 Å². The second-order valence-corrected chi connectivity index (χ2v) is 6.12. The number of thiophene rings is 1. The molecule has 0 atom stereocenters. The number of hydrogen-bond donors (Lipinski definition) is 1. The van der Waals surface area contributed by atoms with E-state index in [1.54, 1.807) is 36.6 Å². The van der Waals surface area contributed by atoms with Gasteiger partial charge in [-0.15, -0.1) is 11.3 Å². The number of carbonyl (C=O) groups is 1. The van der Waals surface area contributed by atoms with Crippen LogP contribution in [-0.2, 0) is 6.54 Å². The molecule has 0 aliphatic heterocycles. The summed E-state index contributed by atoms with van der Waals surface area (Å²) in [6.07, 6.45) is 0. The molecule has 0 saturated heterocycles. The highest BCUT2D eigenvalue weighted by atomic mass is 79.9. The van der Waals surface area contributed by atoms with Crippen LogP contribution in [0.15, 0.2) is 34.1 Å². The van der Waals surface area contributed by atoms with Crippen molar-refractivity contribution in [2.45, 2.75) is 13.5 Å². The van der Waals surface area contributed by atoms with Gasteiger partial charge in [-0.1, -0.05) is 0 Å². The van der Waals surface area contributed by atoms with Gasteiger partial charge in [-0.3, -0.25) is 4.79 Å². The molecule has 1 aromatic heterocycles. The maximum Gasteiger partial charge on any atom is 0.251 e. The Balaban J connectivity index is 2.06.